The average Bonchev–Trinajstić information content (AvgIpc) is 2.91. The molecule has 1 atom stereocenters. The molecule has 1 N–H and O–H groups in total. The van der Waals surface area contributed by atoms with E-state index in [1.165, 1.54) is 0 Å². The number of aryl methyl sites for hydroxylation is 1. The number of rotatable bonds is 6. The lowest BCUT2D eigenvalue weighted by atomic mass is 9.96. The van der Waals surface area contributed by atoms with Crippen LogP contribution in [0.15, 0.2) is 84.3 Å². The molecule has 178 valence electrons. The molecule has 0 saturated carbocycles. The van der Waals surface area contributed by atoms with Gasteiger partial charge in [0.05, 0.1) is 18.2 Å². The van der Waals surface area contributed by atoms with Crippen LogP contribution < -0.4 is 10.5 Å². The molecule has 1 aliphatic heterocycles. The summed E-state index contributed by atoms with van der Waals surface area (Å²) in [4.78, 5) is 31.2. The zero-order valence-corrected chi connectivity index (χ0v) is 19.7. The summed E-state index contributed by atoms with van der Waals surface area (Å²) in [5.74, 6) is 0.966. The van der Waals surface area contributed by atoms with E-state index in [1.54, 1.807) is 41.6 Å². The highest BCUT2D eigenvalue weighted by Gasteiger charge is 2.31. The Labute approximate surface area is 204 Å². The van der Waals surface area contributed by atoms with E-state index in [9.17, 15) is 9.90 Å². The first-order chi connectivity index (χ1) is 17.1. The number of hydrogen-bond donors (Lipinski definition) is 1. The summed E-state index contributed by atoms with van der Waals surface area (Å²) in [7, 11) is 0. The minimum Gasteiger partial charge on any atom is -0.507 e. The van der Waals surface area contributed by atoms with Gasteiger partial charge in [-0.15, -0.1) is 0 Å². The van der Waals surface area contributed by atoms with Gasteiger partial charge in [-0.3, -0.25) is 19.7 Å². The van der Waals surface area contributed by atoms with Crippen LogP contribution in [0.3, 0.4) is 0 Å². The van der Waals surface area contributed by atoms with E-state index in [-0.39, 0.29) is 11.3 Å². The lowest BCUT2D eigenvalue weighted by Crippen LogP contribution is -2.49. The van der Waals surface area contributed by atoms with Crippen molar-refractivity contribution in [3.63, 3.8) is 0 Å². The molecule has 4 aromatic heterocycles. The zero-order valence-electron chi connectivity index (χ0n) is 19.7. The van der Waals surface area contributed by atoms with Crippen LogP contribution in [-0.2, 0) is 6.54 Å². The van der Waals surface area contributed by atoms with Crippen molar-refractivity contribution in [3.8, 4) is 5.75 Å². The second kappa shape index (κ2) is 10.1. The molecule has 0 amide bonds. The predicted molar refractivity (Wildman–Crippen MR) is 135 cm³/mol. The van der Waals surface area contributed by atoms with Crippen LogP contribution in [0.5, 0.6) is 5.75 Å². The number of aromatic hydroxyl groups is 1. The predicted octanol–water partition coefficient (Wildman–Crippen LogP) is 3.01. The summed E-state index contributed by atoms with van der Waals surface area (Å²) in [6.45, 7) is 5.22. The van der Waals surface area contributed by atoms with Crippen molar-refractivity contribution in [2.75, 3.05) is 31.1 Å². The van der Waals surface area contributed by atoms with Crippen LogP contribution in [0.4, 0.5) is 5.82 Å². The summed E-state index contributed by atoms with van der Waals surface area (Å²) in [5, 5.41) is 11.1. The van der Waals surface area contributed by atoms with Crippen molar-refractivity contribution in [2.45, 2.75) is 19.5 Å². The SMILES string of the molecule is Cc1cc(O)c(C(c2ccncc2)N2CCN(c3ccccn3)CC2)c(=O)n1Cc1cccnc1. The van der Waals surface area contributed by atoms with Gasteiger partial charge in [0.2, 0.25) is 0 Å². The average molecular weight is 469 g/mol. The highest BCUT2D eigenvalue weighted by atomic mass is 16.3. The highest BCUT2D eigenvalue weighted by molar-refractivity contribution is 5.42. The third-order valence-corrected chi connectivity index (χ3v) is 6.53. The third-order valence-electron chi connectivity index (χ3n) is 6.53. The Morgan fingerprint density at radius 2 is 1.74 bits per heavy atom. The van der Waals surface area contributed by atoms with Gasteiger partial charge in [0.1, 0.15) is 11.6 Å². The van der Waals surface area contributed by atoms with Crippen LogP contribution in [0, 0.1) is 6.92 Å². The molecule has 0 radical (unpaired) electrons. The molecule has 8 nitrogen and oxygen atoms in total. The van der Waals surface area contributed by atoms with Crippen LogP contribution in [0.25, 0.3) is 0 Å². The van der Waals surface area contributed by atoms with Gasteiger partial charge in [-0.05, 0) is 54.4 Å². The lowest BCUT2D eigenvalue weighted by Gasteiger charge is -2.40. The molecule has 1 fully saturated rings. The Kier molecular flexibility index (Phi) is 6.54. The molecule has 0 spiro atoms. The van der Waals surface area contributed by atoms with E-state index < -0.39 is 6.04 Å². The Morgan fingerprint density at radius 1 is 0.943 bits per heavy atom. The van der Waals surface area contributed by atoms with E-state index in [0.29, 0.717) is 17.8 Å². The fourth-order valence-electron chi connectivity index (χ4n) is 4.75. The van der Waals surface area contributed by atoms with Gasteiger partial charge in [-0.2, -0.15) is 0 Å². The standard InChI is InChI=1S/C27H28N6O2/c1-20-17-23(34)25(27(35)33(20)19-21-5-4-9-29-18-21)26(22-7-11-28-12-8-22)32-15-13-31(14-16-32)24-6-2-3-10-30-24/h2-12,17-18,26,34H,13-16,19H2,1H3. The van der Waals surface area contributed by atoms with Crippen LogP contribution in [0.2, 0.25) is 0 Å². The second-order valence-electron chi connectivity index (χ2n) is 8.73. The molecule has 1 saturated heterocycles. The minimum absolute atomic E-state index is 0.0175. The molecule has 8 heteroatoms. The first-order valence-electron chi connectivity index (χ1n) is 11.7. The Bertz CT molecular complexity index is 1320. The van der Waals surface area contributed by atoms with Crippen molar-refractivity contribution in [1.82, 2.24) is 24.4 Å². The number of hydrogen-bond acceptors (Lipinski definition) is 7. The Balaban J connectivity index is 1.52. The van der Waals surface area contributed by atoms with Crippen molar-refractivity contribution in [2.24, 2.45) is 0 Å². The van der Waals surface area contributed by atoms with E-state index in [4.69, 9.17) is 0 Å². The molecule has 4 aromatic rings. The molecule has 35 heavy (non-hydrogen) atoms. The number of anilines is 1. The minimum atomic E-state index is -0.392. The maximum absolute atomic E-state index is 13.9. The largest absolute Gasteiger partial charge is 0.507 e. The molecule has 1 unspecified atom stereocenters. The van der Waals surface area contributed by atoms with Crippen molar-refractivity contribution >= 4 is 5.82 Å². The highest BCUT2D eigenvalue weighted by Crippen LogP contribution is 2.33. The molecule has 1 aliphatic rings. The lowest BCUT2D eigenvalue weighted by molar-refractivity contribution is 0.207. The molecule has 5 rings (SSSR count). The quantitative estimate of drug-likeness (QED) is 0.465. The maximum atomic E-state index is 13.9. The third kappa shape index (κ3) is 4.79. The van der Waals surface area contributed by atoms with Gasteiger partial charge in [-0.1, -0.05) is 12.1 Å². The maximum Gasteiger partial charge on any atom is 0.259 e. The van der Waals surface area contributed by atoms with Gasteiger partial charge in [-0.25, -0.2) is 4.98 Å². The van der Waals surface area contributed by atoms with Gasteiger partial charge in [0.15, 0.2) is 0 Å². The first kappa shape index (κ1) is 22.7. The number of aromatic nitrogens is 4. The van der Waals surface area contributed by atoms with Crippen molar-refractivity contribution in [1.29, 1.82) is 0 Å². The summed E-state index contributed by atoms with van der Waals surface area (Å²) >= 11 is 0. The van der Waals surface area contributed by atoms with Crippen LogP contribution in [-0.4, -0.2) is 55.7 Å². The summed E-state index contributed by atoms with van der Waals surface area (Å²) in [6.07, 6.45) is 8.73. The van der Waals surface area contributed by atoms with E-state index in [1.807, 2.05) is 49.4 Å². The van der Waals surface area contributed by atoms with Gasteiger partial charge >= 0.3 is 0 Å². The van der Waals surface area contributed by atoms with Crippen LogP contribution in [0.1, 0.15) is 28.4 Å². The summed E-state index contributed by atoms with van der Waals surface area (Å²) in [5.41, 5.74) is 2.75. The van der Waals surface area contributed by atoms with Crippen molar-refractivity contribution in [3.05, 3.63) is 112 Å². The number of nitrogens with zero attached hydrogens (tertiary/aromatic N) is 6. The summed E-state index contributed by atoms with van der Waals surface area (Å²) in [6, 6.07) is 14.8. The van der Waals surface area contributed by atoms with E-state index >= 15 is 0 Å². The fourth-order valence-corrected chi connectivity index (χ4v) is 4.75. The van der Waals surface area contributed by atoms with Gasteiger partial charge < -0.3 is 14.6 Å². The van der Waals surface area contributed by atoms with E-state index in [0.717, 1.165) is 43.1 Å². The van der Waals surface area contributed by atoms with Gasteiger partial charge in [0.25, 0.3) is 5.56 Å². The Hall–Kier alpha value is -4.04. The first-order valence-corrected chi connectivity index (χ1v) is 11.7. The van der Waals surface area contributed by atoms with E-state index in [2.05, 4.69) is 24.8 Å². The monoisotopic (exact) mass is 468 g/mol. The number of pyridine rings is 4. The molecule has 0 bridgehead atoms. The van der Waals surface area contributed by atoms with Crippen LogP contribution >= 0.6 is 0 Å². The smallest absolute Gasteiger partial charge is 0.259 e. The van der Waals surface area contributed by atoms with Crippen molar-refractivity contribution < 1.29 is 5.11 Å². The second-order valence-corrected chi connectivity index (χ2v) is 8.73. The fraction of sp³-hybridized carbons (Fsp3) is 0.259. The molecule has 0 aromatic carbocycles. The number of piperazine rings is 1. The molecule has 5 heterocycles. The summed E-state index contributed by atoms with van der Waals surface area (Å²) < 4.78 is 1.71. The molecular weight excluding hydrogens is 440 g/mol. The molecular formula is C27H28N6O2. The normalized spacial score (nSPS) is 15.2. The topological polar surface area (TPSA) is 87.4 Å². The molecule has 0 aliphatic carbocycles. The zero-order chi connectivity index (χ0) is 24.2. The Morgan fingerprint density at radius 3 is 2.43 bits per heavy atom. The van der Waals surface area contributed by atoms with Gasteiger partial charge in [0, 0.05) is 62.9 Å².